The Morgan fingerprint density at radius 1 is 1.37 bits per heavy atom. The van der Waals surface area contributed by atoms with Crippen LogP contribution >= 0.6 is 15.9 Å². The second-order valence-electron chi connectivity index (χ2n) is 9.29. The summed E-state index contributed by atoms with van der Waals surface area (Å²) in [5, 5.41) is -0.485. The second kappa shape index (κ2) is 6.28. The van der Waals surface area contributed by atoms with Gasteiger partial charge in [-0.15, -0.1) is 0 Å². The molecule has 1 aliphatic heterocycles. The van der Waals surface area contributed by atoms with E-state index in [0.717, 1.165) is 30.2 Å². The lowest BCUT2D eigenvalue weighted by Crippen LogP contribution is -2.61. The average Bonchev–Trinajstić information content (AvgIpc) is 2.99. The van der Waals surface area contributed by atoms with Crippen molar-refractivity contribution in [2.75, 3.05) is 7.11 Å². The van der Waals surface area contributed by atoms with Crippen LogP contribution in [0.15, 0.2) is 27.7 Å². The molecule has 0 aromatic heterocycles. The van der Waals surface area contributed by atoms with Crippen LogP contribution in [0.3, 0.4) is 0 Å². The van der Waals surface area contributed by atoms with Crippen molar-refractivity contribution >= 4 is 37.6 Å². The molecular formula is C20H29B2BrN2O2. The van der Waals surface area contributed by atoms with Gasteiger partial charge in [-0.25, -0.2) is 4.99 Å². The number of nitrogens with zero attached hydrogens (tertiary/aromatic N) is 1. The molecule has 27 heavy (non-hydrogen) atoms. The van der Waals surface area contributed by atoms with Crippen LogP contribution in [-0.2, 0) is 21.4 Å². The van der Waals surface area contributed by atoms with Crippen LogP contribution in [0.4, 0.5) is 0 Å². The normalized spacial score (nSPS) is 39.4. The third-order valence-corrected chi connectivity index (χ3v) is 7.95. The van der Waals surface area contributed by atoms with E-state index < -0.39 is 10.9 Å². The van der Waals surface area contributed by atoms with Crippen LogP contribution in [0.2, 0.25) is 0 Å². The largest absolute Gasteiger partial charge is 0.475 e. The zero-order valence-electron chi connectivity index (χ0n) is 17.0. The van der Waals surface area contributed by atoms with E-state index in [1.54, 1.807) is 0 Å². The van der Waals surface area contributed by atoms with Crippen LogP contribution in [0.5, 0.6) is 0 Å². The van der Waals surface area contributed by atoms with Gasteiger partial charge >= 0.3 is 0 Å². The highest BCUT2D eigenvalue weighted by molar-refractivity contribution is 9.10. The zero-order valence-corrected chi connectivity index (χ0v) is 18.6. The molecular weight excluding hydrogens is 402 g/mol. The van der Waals surface area contributed by atoms with Crippen LogP contribution in [-0.4, -0.2) is 40.3 Å². The van der Waals surface area contributed by atoms with Gasteiger partial charge < -0.3 is 15.2 Å². The number of hydrogen-bond donors (Lipinski definition) is 1. The number of amidine groups is 1. The lowest BCUT2D eigenvalue weighted by molar-refractivity contribution is -0.0923. The van der Waals surface area contributed by atoms with Gasteiger partial charge in [-0.2, -0.15) is 0 Å². The van der Waals surface area contributed by atoms with Gasteiger partial charge in [0, 0.05) is 17.0 Å². The van der Waals surface area contributed by atoms with Gasteiger partial charge in [-0.05, 0) is 54.4 Å². The molecule has 1 saturated carbocycles. The van der Waals surface area contributed by atoms with E-state index >= 15 is 0 Å². The SMILES string of the molecule is BC1(B)OC(N)=N[C@]12c1cc(Br)ccc1C[C@]21C[C@H](CC)[C@@H](OC)[C@H](C)C1. The van der Waals surface area contributed by atoms with Gasteiger partial charge in [0.15, 0.2) is 15.7 Å². The maximum atomic E-state index is 6.20. The van der Waals surface area contributed by atoms with Crippen LogP contribution in [0.25, 0.3) is 0 Å². The van der Waals surface area contributed by atoms with Crippen molar-refractivity contribution in [2.45, 2.75) is 56.6 Å². The van der Waals surface area contributed by atoms with Crippen molar-refractivity contribution in [1.82, 2.24) is 0 Å². The number of methoxy groups -OCH3 is 1. The fraction of sp³-hybridized carbons (Fsp3) is 0.650. The lowest BCUT2D eigenvalue weighted by atomic mass is 9.43. The summed E-state index contributed by atoms with van der Waals surface area (Å²) < 4.78 is 13.2. The molecule has 1 aromatic carbocycles. The summed E-state index contributed by atoms with van der Waals surface area (Å²) in [4.78, 5) is 5.10. The second-order valence-corrected chi connectivity index (χ2v) is 10.2. The zero-order chi connectivity index (χ0) is 19.6. The van der Waals surface area contributed by atoms with Gasteiger partial charge in [0.1, 0.15) is 5.54 Å². The molecule has 2 spiro atoms. The predicted molar refractivity (Wildman–Crippen MR) is 117 cm³/mol. The highest BCUT2D eigenvalue weighted by Crippen LogP contribution is 2.66. The van der Waals surface area contributed by atoms with E-state index in [2.05, 4.69) is 63.7 Å². The van der Waals surface area contributed by atoms with Crippen LogP contribution < -0.4 is 5.73 Å². The molecule has 0 radical (unpaired) electrons. The Labute approximate surface area is 172 Å². The van der Waals surface area contributed by atoms with Gasteiger partial charge in [-0.3, -0.25) is 0 Å². The first-order chi connectivity index (χ1) is 12.7. The van der Waals surface area contributed by atoms with Crippen molar-refractivity contribution in [3.63, 3.8) is 0 Å². The van der Waals surface area contributed by atoms with E-state index in [1.807, 2.05) is 7.11 Å². The fourth-order valence-corrected chi connectivity index (χ4v) is 7.12. The van der Waals surface area contributed by atoms with E-state index in [9.17, 15) is 0 Å². The summed E-state index contributed by atoms with van der Waals surface area (Å²) in [6.07, 6.45) is 4.59. The first-order valence-corrected chi connectivity index (χ1v) is 10.8. The van der Waals surface area contributed by atoms with Crippen LogP contribution in [0.1, 0.15) is 44.2 Å². The first kappa shape index (κ1) is 19.4. The molecule has 0 bridgehead atoms. The molecule has 5 atom stereocenters. The minimum absolute atomic E-state index is 0.00410. The summed E-state index contributed by atoms with van der Waals surface area (Å²) in [6.45, 7) is 4.61. The molecule has 1 fully saturated rings. The lowest BCUT2D eigenvalue weighted by Gasteiger charge is -2.55. The van der Waals surface area contributed by atoms with Crippen molar-refractivity contribution in [3.05, 3.63) is 33.8 Å². The molecule has 144 valence electrons. The highest BCUT2D eigenvalue weighted by Gasteiger charge is 2.69. The molecule has 2 aliphatic carbocycles. The number of ether oxygens (including phenoxy) is 2. The summed E-state index contributed by atoms with van der Waals surface area (Å²) in [5.41, 5.74) is 8.40. The molecule has 1 aromatic rings. The Morgan fingerprint density at radius 3 is 2.70 bits per heavy atom. The van der Waals surface area contributed by atoms with E-state index in [-0.39, 0.29) is 5.41 Å². The molecule has 4 rings (SSSR count). The van der Waals surface area contributed by atoms with Crippen LogP contribution in [0, 0.1) is 17.3 Å². The Hall–Kier alpha value is -0.940. The predicted octanol–water partition coefficient (Wildman–Crippen LogP) is 1.92. The Balaban J connectivity index is 1.94. The molecule has 2 N–H and O–H groups in total. The van der Waals surface area contributed by atoms with Gasteiger partial charge in [0.05, 0.1) is 11.5 Å². The molecule has 0 unspecified atom stereocenters. The molecule has 0 saturated heterocycles. The van der Waals surface area contributed by atoms with Gasteiger partial charge in [-0.1, -0.05) is 42.3 Å². The Bertz CT molecular complexity index is 802. The molecule has 3 aliphatic rings. The standard InChI is InChI=1S/C20H29B2BrN2O2/c1-4-12-9-18(8-11(2)16(12)26-3)10-13-5-6-14(23)7-15(13)19(18)20(21,22)27-17(24)25-19/h5-7,11-12,16H,4,8-10,21-22H2,1-3H3,(H2,24,25)/t11-,12+,16+,18+,19+/m1/s1. The third kappa shape index (κ3) is 2.50. The Kier molecular flexibility index (Phi) is 4.51. The molecule has 1 heterocycles. The number of nitrogens with two attached hydrogens (primary N) is 1. The summed E-state index contributed by atoms with van der Waals surface area (Å²) in [5.74, 6) is 0.984. The smallest absolute Gasteiger partial charge is 0.282 e. The highest BCUT2D eigenvalue weighted by atomic mass is 79.9. The average molecular weight is 431 g/mol. The van der Waals surface area contributed by atoms with Crippen molar-refractivity contribution in [1.29, 1.82) is 0 Å². The first-order valence-electron chi connectivity index (χ1n) is 10.1. The summed E-state index contributed by atoms with van der Waals surface area (Å²) in [6, 6.07) is 6.96. The van der Waals surface area contributed by atoms with E-state index in [1.165, 1.54) is 11.1 Å². The van der Waals surface area contributed by atoms with Crippen molar-refractivity contribution in [3.8, 4) is 0 Å². The van der Waals surface area contributed by atoms with Crippen molar-refractivity contribution < 1.29 is 9.47 Å². The van der Waals surface area contributed by atoms with Gasteiger partial charge in [0.2, 0.25) is 0 Å². The number of fused-ring (bicyclic) bond motifs is 3. The monoisotopic (exact) mass is 430 g/mol. The number of rotatable bonds is 2. The molecule has 4 nitrogen and oxygen atoms in total. The number of hydrogen-bond acceptors (Lipinski definition) is 4. The number of aliphatic imine (C=N–C) groups is 1. The summed E-state index contributed by atoms with van der Waals surface area (Å²) >= 11 is 3.68. The minimum atomic E-state index is -0.485. The third-order valence-electron chi connectivity index (χ3n) is 7.45. The number of benzene rings is 1. The number of halogens is 1. The van der Waals surface area contributed by atoms with E-state index in [0.29, 0.717) is 24.0 Å². The Morgan fingerprint density at radius 2 is 2.11 bits per heavy atom. The summed E-state index contributed by atoms with van der Waals surface area (Å²) in [7, 11) is 6.17. The van der Waals surface area contributed by atoms with E-state index in [4.69, 9.17) is 20.2 Å². The minimum Gasteiger partial charge on any atom is -0.475 e. The van der Waals surface area contributed by atoms with Gasteiger partial charge in [0.25, 0.3) is 6.02 Å². The maximum absolute atomic E-state index is 6.20. The topological polar surface area (TPSA) is 56.8 Å². The molecule has 0 amide bonds. The fourth-order valence-electron chi connectivity index (χ4n) is 6.76. The molecule has 7 heteroatoms. The van der Waals surface area contributed by atoms with Crippen molar-refractivity contribution in [2.24, 2.45) is 28.0 Å². The quantitative estimate of drug-likeness (QED) is 0.729. The maximum Gasteiger partial charge on any atom is 0.282 e.